The molecule has 0 aromatic heterocycles. The molecule has 2 aliphatic carbocycles. The van der Waals surface area contributed by atoms with Crippen molar-refractivity contribution < 1.29 is 4.74 Å². The van der Waals surface area contributed by atoms with Crippen LogP contribution in [-0.4, -0.2) is 18.0 Å². The maximum atomic E-state index is 6.88. The van der Waals surface area contributed by atoms with E-state index in [1.165, 1.54) is 44.0 Å². The van der Waals surface area contributed by atoms with Crippen molar-refractivity contribution >= 4 is 29.4 Å². The predicted molar refractivity (Wildman–Crippen MR) is 227 cm³/mol. The summed E-state index contributed by atoms with van der Waals surface area (Å²) in [7, 11) is 0. The highest BCUT2D eigenvalue weighted by Gasteiger charge is 2.44. The summed E-state index contributed by atoms with van der Waals surface area (Å²) in [6.45, 7) is 0. The van der Waals surface area contributed by atoms with E-state index in [2.05, 4.69) is 191 Å². The molecular formula is C50H41N5O. The zero-order chi connectivity index (χ0) is 37.0. The third-order valence-electron chi connectivity index (χ3n) is 11.8. The summed E-state index contributed by atoms with van der Waals surface area (Å²) in [6, 6.07) is 53.7. The van der Waals surface area contributed by atoms with E-state index < -0.39 is 0 Å². The van der Waals surface area contributed by atoms with Crippen LogP contribution in [0, 0.1) is 0 Å². The van der Waals surface area contributed by atoms with Crippen molar-refractivity contribution in [3.63, 3.8) is 0 Å². The van der Waals surface area contributed by atoms with Gasteiger partial charge in [-0.2, -0.15) is 0 Å². The Hall–Kier alpha value is -6.63. The van der Waals surface area contributed by atoms with E-state index in [1.807, 2.05) is 6.07 Å². The molecule has 6 nitrogen and oxygen atoms in total. The molecule has 0 radical (unpaired) electrons. The van der Waals surface area contributed by atoms with Gasteiger partial charge in [0.25, 0.3) is 0 Å². The number of hydrogen-bond donors (Lipinski definition) is 3. The fourth-order valence-corrected chi connectivity index (χ4v) is 9.01. The lowest BCUT2D eigenvalue weighted by molar-refractivity contribution is 0.260. The van der Waals surface area contributed by atoms with Gasteiger partial charge >= 0.3 is 0 Å². The first kappa shape index (κ1) is 32.8. The molecule has 3 aliphatic heterocycles. The molecule has 6 heteroatoms. The molecule has 0 amide bonds. The Bertz CT molecular complexity index is 2670. The number of rotatable bonds is 6. The van der Waals surface area contributed by atoms with Gasteiger partial charge < -0.3 is 20.3 Å². The number of benzene rings is 6. The van der Waals surface area contributed by atoms with Crippen molar-refractivity contribution in [3.05, 3.63) is 208 Å². The smallest absolute Gasteiger partial charge is 0.196 e. The second kappa shape index (κ2) is 13.6. The van der Waals surface area contributed by atoms with Crippen LogP contribution in [0.15, 0.2) is 180 Å². The normalized spacial score (nSPS) is 22.9. The number of ether oxygens (including phenoxy) is 1. The molecule has 3 heterocycles. The number of anilines is 2. The fourth-order valence-electron chi connectivity index (χ4n) is 9.01. The quantitative estimate of drug-likeness (QED) is 0.160. The molecule has 5 unspecified atom stereocenters. The molecule has 3 N–H and O–H groups in total. The highest BCUT2D eigenvalue weighted by Crippen LogP contribution is 2.56. The van der Waals surface area contributed by atoms with Crippen molar-refractivity contribution in [2.24, 2.45) is 4.99 Å². The van der Waals surface area contributed by atoms with E-state index in [0.717, 1.165) is 46.9 Å². The van der Waals surface area contributed by atoms with Crippen molar-refractivity contribution in [2.45, 2.75) is 43.4 Å². The summed E-state index contributed by atoms with van der Waals surface area (Å²) in [6.07, 6.45) is 11.0. The van der Waals surface area contributed by atoms with Crippen LogP contribution in [0.25, 0.3) is 23.3 Å². The summed E-state index contributed by atoms with van der Waals surface area (Å²) in [5.74, 6) is 2.00. The van der Waals surface area contributed by atoms with Gasteiger partial charge in [0.2, 0.25) is 0 Å². The van der Waals surface area contributed by atoms with Crippen molar-refractivity contribution in [1.82, 2.24) is 10.6 Å². The number of fused-ring (bicyclic) bond motifs is 6. The van der Waals surface area contributed by atoms with E-state index >= 15 is 0 Å². The maximum Gasteiger partial charge on any atom is 0.196 e. The molecule has 56 heavy (non-hydrogen) atoms. The number of aliphatic imine (C=N–C) groups is 1. The van der Waals surface area contributed by atoms with Gasteiger partial charge in [-0.05, 0) is 63.2 Å². The summed E-state index contributed by atoms with van der Waals surface area (Å²) in [5.41, 5.74) is 11.7. The second-order valence-corrected chi connectivity index (χ2v) is 15.1. The summed E-state index contributed by atoms with van der Waals surface area (Å²) < 4.78 is 6.88. The van der Waals surface area contributed by atoms with Crippen LogP contribution in [0.2, 0.25) is 0 Å². The van der Waals surface area contributed by atoms with Gasteiger partial charge in [-0.3, -0.25) is 5.32 Å². The van der Waals surface area contributed by atoms with Crippen LogP contribution in [0.1, 0.15) is 53.4 Å². The summed E-state index contributed by atoms with van der Waals surface area (Å²) >= 11 is 0. The Morgan fingerprint density at radius 2 is 1.30 bits per heavy atom. The van der Waals surface area contributed by atoms with Crippen LogP contribution < -0.4 is 36.0 Å². The standard InChI is InChI=1S/C50H41N5O/c1-4-13-32(14-5-1)33-23-25-35(26-24-33)48-52-47(34-15-6-2-7-16-34)53-49(54-48)39-21-12-22-40(29-39)55-44-31-38-20-11-10-19-37(38)30-42(44)41-27-28-43-46(45(41)55)56-50(51-43)36-17-8-3-9-18-36/h1-11,13-20,22-31,42,44,48-51,54H,12,21H2,(H,52,53). The molecule has 272 valence electrons. The van der Waals surface area contributed by atoms with Crippen molar-refractivity contribution in [1.29, 1.82) is 0 Å². The molecule has 0 fully saturated rings. The molecule has 6 aromatic carbocycles. The van der Waals surface area contributed by atoms with Gasteiger partial charge in [0.05, 0.1) is 17.4 Å². The maximum absolute atomic E-state index is 6.88. The molecule has 0 saturated carbocycles. The van der Waals surface area contributed by atoms with Crippen molar-refractivity contribution in [2.75, 3.05) is 10.2 Å². The lowest BCUT2D eigenvalue weighted by Crippen LogP contribution is -2.49. The topological polar surface area (TPSA) is 60.9 Å². The first-order valence-electron chi connectivity index (χ1n) is 19.7. The molecule has 11 rings (SSSR count). The Kier molecular flexibility index (Phi) is 7.95. The zero-order valence-corrected chi connectivity index (χ0v) is 30.8. The largest absolute Gasteiger partial charge is 0.462 e. The fraction of sp³-hybridized carbons (Fsp3) is 0.140. The monoisotopic (exact) mass is 727 g/mol. The van der Waals surface area contributed by atoms with Gasteiger partial charge in [-0.1, -0.05) is 164 Å². The van der Waals surface area contributed by atoms with Crippen LogP contribution in [0.5, 0.6) is 5.75 Å². The highest BCUT2D eigenvalue weighted by atomic mass is 16.5. The SMILES string of the molecule is C1=C(C2N=C(c3ccccc3)NC(c3ccc(-c4ccccc4)cc3)N2)CCC=C1N1c2c(ccc3c2OC(c2ccccc2)N3)C2C=c3ccccc3=CC21. The number of nitrogens with zero attached hydrogens (tertiary/aromatic N) is 2. The van der Waals surface area contributed by atoms with E-state index in [-0.39, 0.29) is 30.5 Å². The van der Waals surface area contributed by atoms with Gasteiger partial charge in [0.15, 0.2) is 12.0 Å². The minimum atomic E-state index is -0.248. The van der Waals surface area contributed by atoms with Crippen LogP contribution in [-0.2, 0) is 0 Å². The molecule has 5 atom stereocenters. The van der Waals surface area contributed by atoms with E-state index in [0.29, 0.717) is 0 Å². The van der Waals surface area contributed by atoms with E-state index in [4.69, 9.17) is 9.73 Å². The Labute approximate surface area is 326 Å². The van der Waals surface area contributed by atoms with Gasteiger partial charge in [-0.25, -0.2) is 4.99 Å². The van der Waals surface area contributed by atoms with Gasteiger partial charge in [0.1, 0.15) is 18.2 Å². The molecule has 0 bridgehead atoms. The minimum absolute atomic E-state index is 0.105. The third kappa shape index (κ3) is 5.73. The second-order valence-electron chi connectivity index (χ2n) is 15.1. The highest BCUT2D eigenvalue weighted by molar-refractivity contribution is 5.99. The van der Waals surface area contributed by atoms with Gasteiger partial charge in [-0.15, -0.1) is 0 Å². The van der Waals surface area contributed by atoms with Crippen LogP contribution >= 0.6 is 0 Å². The van der Waals surface area contributed by atoms with Crippen LogP contribution in [0.4, 0.5) is 11.4 Å². The Morgan fingerprint density at radius 1 is 0.625 bits per heavy atom. The number of hydrogen-bond acceptors (Lipinski definition) is 6. The summed E-state index contributed by atoms with van der Waals surface area (Å²) in [4.78, 5) is 7.91. The van der Waals surface area contributed by atoms with Crippen LogP contribution in [0.3, 0.4) is 0 Å². The van der Waals surface area contributed by atoms with Gasteiger partial charge in [0, 0.05) is 22.7 Å². The van der Waals surface area contributed by atoms with E-state index in [1.54, 1.807) is 0 Å². The lowest BCUT2D eigenvalue weighted by Gasteiger charge is -2.36. The predicted octanol–water partition coefficient (Wildman–Crippen LogP) is 8.67. The third-order valence-corrected chi connectivity index (χ3v) is 11.8. The zero-order valence-electron chi connectivity index (χ0n) is 30.8. The van der Waals surface area contributed by atoms with Crippen molar-refractivity contribution in [3.8, 4) is 16.9 Å². The number of amidine groups is 1. The van der Waals surface area contributed by atoms with E-state index in [9.17, 15) is 0 Å². The molecular weight excluding hydrogens is 687 g/mol. The minimum Gasteiger partial charge on any atom is -0.462 e. The number of nitrogens with one attached hydrogen (secondary N) is 3. The molecule has 5 aliphatic rings. The Balaban J connectivity index is 0.981. The lowest BCUT2D eigenvalue weighted by atomic mass is 9.89. The Morgan fingerprint density at radius 3 is 2.07 bits per heavy atom. The first-order chi connectivity index (χ1) is 27.7. The average Bonchev–Trinajstić information content (AvgIpc) is 3.86. The number of allylic oxidation sites excluding steroid dienone is 2. The average molecular weight is 728 g/mol. The molecule has 6 aromatic rings. The first-order valence-corrected chi connectivity index (χ1v) is 19.7. The molecule has 0 spiro atoms. The molecule has 0 saturated heterocycles. The summed E-state index contributed by atoms with van der Waals surface area (Å²) in [5, 5.41) is 13.9.